The maximum Gasteiger partial charge on any atom is 0.238 e. The summed E-state index contributed by atoms with van der Waals surface area (Å²) in [6.45, 7) is 4.31. The molecule has 1 atom stereocenters. The molecule has 21 heavy (non-hydrogen) atoms. The quantitative estimate of drug-likeness (QED) is 0.863. The predicted molar refractivity (Wildman–Crippen MR) is 83.8 cm³/mol. The fraction of sp³-hybridized carbons (Fsp3) is 0.600. The molecular weight excluding hydrogens is 286 g/mol. The number of nitrogens with zero attached hydrogens (tertiary/aromatic N) is 1. The summed E-state index contributed by atoms with van der Waals surface area (Å²) in [5, 5.41) is 8.67. The van der Waals surface area contributed by atoms with E-state index in [2.05, 4.69) is 10.2 Å². The molecule has 3 rings (SSSR count). The number of hydrogen-bond donors (Lipinski definition) is 2. The summed E-state index contributed by atoms with van der Waals surface area (Å²) in [5.74, 6) is 0. The van der Waals surface area contributed by atoms with E-state index >= 15 is 0 Å². The molecule has 0 radical (unpaired) electrons. The Kier molecular flexibility index (Phi) is 3.94. The molecule has 2 fully saturated rings. The van der Waals surface area contributed by atoms with E-state index in [9.17, 15) is 8.42 Å². The van der Waals surface area contributed by atoms with Gasteiger partial charge in [0, 0.05) is 30.7 Å². The van der Waals surface area contributed by atoms with Gasteiger partial charge in [0.25, 0.3) is 0 Å². The lowest BCUT2D eigenvalue weighted by atomic mass is 9.74. The molecule has 1 unspecified atom stereocenters. The highest BCUT2D eigenvalue weighted by atomic mass is 32.2. The Hall–Kier alpha value is -1.11. The molecule has 0 saturated carbocycles. The summed E-state index contributed by atoms with van der Waals surface area (Å²) in [4.78, 5) is 2.56. The average Bonchev–Trinajstić information content (AvgIpc) is 2.47. The van der Waals surface area contributed by atoms with Crippen molar-refractivity contribution >= 4 is 15.7 Å². The Morgan fingerprint density at radius 3 is 2.48 bits per heavy atom. The van der Waals surface area contributed by atoms with Crippen LogP contribution in [0.2, 0.25) is 0 Å². The van der Waals surface area contributed by atoms with Gasteiger partial charge in [-0.2, -0.15) is 0 Å². The van der Waals surface area contributed by atoms with E-state index in [0.29, 0.717) is 5.41 Å². The highest BCUT2D eigenvalue weighted by Crippen LogP contribution is 2.37. The highest BCUT2D eigenvalue weighted by molar-refractivity contribution is 7.89. The summed E-state index contributed by atoms with van der Waals surface area (Å²) in [5.41, 5.74) is 1.47. The average molecular weight is 309 g/mol. The van der Waals surface area contributed by atoms with E-state index < -0.39 is 10.0 Å². The molecule has 0 bridgehead atoms. The predicted octanol–water partition coefficient (Wildman–Crippen LogP) is 1.30. The van der Waals surface area contributed by atoms with Crippen molar-refractivity contribution < 1.29 is 8.42 Å². The number of sulfonamides is 1. The first-order valence-electron chi connectivity index (χ1n) is 7.57. The van der Waals surface area contributed by atoms with Crippen molar-refractivity contribution in [1.29, 1.82) is 0 Å². The van der Waals surface area contributed by atoms with Crippen molar-refractivity contribution in [2.45, 2.75) is 30.6 Å². The minimum atomic E-state index is -3.61. The number of rotatable bonds is 2. The normalized spacial score (nSPS) is 27.0. The fourth-order valence-corrected chi connectivity index (χ4v) is 4.17. The molecule has 5 nitrogen and oxygen atoms in total. The van der Waals surface area contributed by atoms with E-state index in [1.165, 1.54) is 25.7 Å². The van der Waals surface area contributed by atoms with Gasteiger partial charge >= 0.3 is 0 Å². The first kappa shape index (κ1) is 14.8. The van der Waals surface area contributed by atoms with Crippen molar-refractivity contribution in [3.05, 3.63) is 24.3 Å². The number of primary sulfonamides is 1. The van der Waals surface area contributed by atoms with Crippen LogP contribution < -0.4 is 15.4 Å². The zero-order valence-electron chi connectivity index (χ0n) is 12.2. The van der Waals surface area contributed by atoms with Gasteiger partial charge in [-0.3, -0.25) is 0 Å². The van der Waals surface area contributed by atoms with Crippen LogP contribution in [0, 0.1) is 5.41 Å². The Morgan fingerprint density at radius 1 is 1.14 bits per heavy atom. The number of anilines is 1. The van der Waals surface area contributed by atoms with Gasteiger partial charge in [-0.05, 0) is 56.5 Å². The zero-order valence-corrected chi connectivity index (χ0v) is 13.0. The maximum absolute atomic E-state index is 11.3. The Labute approximate surface area is 126 Å². The van der Waals surface area contributed by atoms with Gasteiger partial charge in [0.1, 0.15) is 0 Å². The van der Waals surface area contributed by atoms with Crippen LogP contribution in [-0.4, -0.2) is 34.6 Å². The summed E-state index contributed by atoms with van der Waals surface area (Å²) >= 11 is 0. The Morgan fingerprint density at radius 2 is 1.86 bits per heavy atom. The molecule has 1 spiro atoms. The van der Waals surface area contributed by atoms with Crippen LogP contribution in [0.25, 0.3) is 0 Å². The van der Waals surface area contributed by atoms with Gasteiger partial charge in [-0.1, -0.05) is 0 Å². The zero-order chi connectivity index (χ0) is 14.9. The van der Waals surface area contributed by atoms with Crippen LogP contribution in [0.1, 0.15) is 25.7 Å². The fourth-order valence-electron chi connectivity index (χ4n) is 3.65. The van der Waals surface area contributed by atoms with E-state index in [1.54, 1.807) is 12.1 Å². The van der Waals surface area contributed by atoms with Crippen LogP contribution in [0.3, 0.4) is 0 Å². The minimum Gasteiger partial charge on any atom is -0.371 e. The third-order valence-corrected chi connectivity index (χ3v) is 5.68. The molecule has 2 aliphatic rings. The van der Waals surface area contributed by atoms with E-state index in [-0.39, 0.29) is 4.90 Å². The number of hydrogen-bond acceptors (Lipinski definition) is 4. The van der Waals surface area contributed by atoms with E-state index in [4.69, 9.17) is 5.14 Å². The maximum atomic E-state index is 11.3. The smallest absolute Gasteiger partial charge is 0.238 e. The number of piperidine rings is 2. The molecule has 2 aliphatic heterocycles. The number of benzene rings is 1. The van der Waals surface area contributed by atoms with Gasteiger partial charge in [-0.25, -0.2) is 13.6 Å². The molecule has 2 saturated heterocycles. The van der Waals surface area contributed by atoms with Gasteiger partial charge in [0.15, 0.2) is 0 Å². The lowest BCUT2D eigenvalue weighted by Crippen LogP contribution is -2.51. The Balaban J connectivity index is 1.77. The third-order valence-electron chi connectivity index (χ3n) is 4.75. The van der Waals surface area contributed by atoms with Gasteiger partial charge < -0.3 is 10.2 Å². The van der Waals surface area contributed by atoms with Crippen LogP contribution >= 0.6 is 0 Å². The van der Waals surface area contributed by atoms with Crippen molar-refractivity contribution in [3.8, 4) is 0 Å². The summed E-state index contributed by atoms with van der Waals surface area (Å²) in [7, 11) is -3.61. The molecule has 1 aromatic carbocycles. The molecule has 1 aromatic rings. The monoisotopic (exact) mass is 309 g/mol. The second-order valence-electron chi connectivity index (χ2n) is 6.34. The van der Waals surface area contributed by atoms with Crippen LogP contribution in [0.5, 0.6) is 0 Å². The van der Waals surface area contributed by atoms with Crippen molar-refractivity contribution in [2.24, 2.45) is 10.6 Å². The molecule has 116 valence electrons. The van der Waals surface area contributed by atoms with E-state index in [0.717, 1.165) is 31.9 Å². The van der Waals surface area contributed by atoms with Crippen LogP contribution in [-0.2, 0) is 10.0 Å². The van der Waals surface area contributed by atoms with Crippen LogP contribution in [0.15, 0.2) is 29.2 Å². The third kappa shape index (κ3) is 3.22. The molecule has 0 aromatic heterocycles. The Bertz CT molecular complexity index is 586. The molecule has 0 aliphatic carbocycles. The summed E-state index contributed by atoms with van der Waals surface area (Å²) in [6.07, 6.45) is 5.01. The van der Waals surface area contributed by atoms with Gasteiger partial charge in [0.2, 0.25) is 10.0 Å². The van der Waals surface area contributed by atoms with Gasteiger partial charge in [-0.15, -0.1) is 0 Å². The van der Waals surface area contributed by atoms with Gasteiger partial charge in [0.05, 0.1) is 4.90 Å². The van der Waals surface area contributed by atoms with E-state index in [1.807, 2.05) is 12.1 Å². The lowest BCUT2D eigenvalue weighted by Gasteiger charge is -2.46. The highest BCUT2D eigenvalue weighted by Gasteiger charge is 2.36. The number of nitrogens with two attached hydrogens (primary N) is 1. The summed E-state index contributed by atoms with van der Waals surface area (Å²) < 4.78 is 22.6. The minimum absolute atomic E-state index is 0.178. The molecule has 2 heterocycles. The summed E-state index contributed by atoms with van der Waals surface area (Å²) in [6, 6.07) is 6.94. The largest absolute Gasteiger partial charge is 0.371 e. The SMILES string of the molecule is NS(=O)(=O)c1ccc(N2CCCC3(CCCNC3)C2)cc1. The number of nitrogens with one attached hydrogen (secondary N) is 1. The molecular formula is C15H23N3O2S. The van der Waals surface area contributed by atoms with Crippen LogP contribution in [0.4, 0.5) is 5.69 Å². The standard InChI is InChI=1S/C15H23N3O2S/c16-21(19,20)14-5-3-13(4-6-14)18-10-2-8-15(12-18)7-1-9-17-11-15/h3-6,17H,1-2,7-12H2,(H2,16,19,20). The molecule has 6 heteroatoms. The van der Waals surface area contributed by atoms with Crippen molar-refractivity contribution in [3.63, 3.8) is 0 Å². The lowest BCUT2D eigenvalue weighted by molar-refractivity contribution is 0.173. The molecule has 3 N–H and O–H groups in total. The first-order valence-corrected chi connectivity index (χ1v) is 9.12. The first-order chi connectivity index (χ1) is 9.99. The second-order valence-corrected chi connectivity index (χ2v) is 7.91. The van der Waals surface area contributed by atoms with Crippen molar-refractivity contribution in [2.75, 3.05) is 31.1 Å². The van der Waals surface area contributed by atoms with Crippen molar-refractivity contribution in [1.82, 2.24) is 5.32 Å². The second kappa shape index (κ2) is 5.59. The molecule has 0 amide bonds. The topological polar surface area (TPSA) is 75.4 Å².